The SMILES string of the molecule is NCCC(c1ccc(F)cc1)c1ccc(Br)s1. The van der Waals surface area contributed by atoms with E-state index in [1.54, 1.807) is 11.3 Å². The number of hydrogen-bond donors (Lipinski definition) is 1. The molecular formula is C13H13BrFNS. The van der Waals surface area contributed by atoms with Crippen LogP contribution in [0.1, 0.15) is 22.8 Å². The molecule has 0 saturated heterocycles. The summed E-state index contributed by atoms with van der Waals surface area (Å²) >= 11 is 5.17. The topological polar surface area (TPSA) is 26.0 Å². The molecule has 0 saturated carbocycles. The molecule has 1 atom stereocenters. The Bertz CT molecular complexity index is 480. The molecule has 0 bridgehead atoms. The monoisotopic (exact) mass is 313 g/mol. The van der Waals surface area contributed by atoms with Gasteiger partial charge in [-0.2, -0.15) is 0 Å². The van der Waals surface area contributed by atoms with Crippen molar-refractivity contribution in [3.05, 3.63) is 56.4 Å². The summed E-state index contributed by atoms with van der Waals surface area (Å²) in [5.74, 6) is 0.0597. The van der Waals surface area contributed by atoms with E-state index < -0.39 is 0 Å². The molecule has 1 nitrogen and oxygen atoms in total. The average molecular weight is 314 g/mol. The van der Waals surface area contributed by atoms with Gasteiger partial charge in [0, 0.05) is 10.8 Å². The van der Waals surface area contributed by atoms with Gasteiger partial charge in [0.25, 0.3) is 0 Å². The van der Waals surface area contributed by atoms with Gasteiger partial charge in [0.05, 0.1) is 3.79 Å². The van der Waals surface area contributed by atoms with Crippen molar-refractivity contribution in [1.29, 1.82) is 0 Å². The summed E-state index contributed by atoms with van der Waals surface area (Å²) in [6.07, 6.45) is 0.874. The predicted molar refractivity (Wildman–Crippen MR) is 73.9 cm³/mol. The summed E-state index contributed by atoms with van der Waals surface area (Å²) in [6.45, 7) is 0.623. The fourth-order valence-electron chi connectivity index (χ4n) is 1.85. The first-order chi connectivity index (χ1) is 8.20. The Hall–Kier alpha value is -0.710. The van der Waals surface area contributed by atoms with Crippen LogP contribution in [0.25, 0.3) is 0 Å². The van der Waals surface area contributed by atoms with E-state index in [-0.39, 0.29) is 11.7 Å². The van der Waals surface area contributed by atoms with E-state index in [0.29, 0.717) is 6.54 Å². The summed E-state index contributed by atoms with van der Waals surface area (Å²) in [4.78, 5) is 1.26. The second-order valence-electron chi connectivity index (χ2n) is 3.82. The van der Waals surface area contributed by atoms with Crippen molar-refractivity contribution in [3.63, 3.8) is 0 Å². The minimum Gasteiger partial charge on any atom is -0.330 e. The summed E-state index contributed by atoms with van der Waals surface area (Å²) in [5.41, 5.74) is 6.78. The standard InChI is InChI=1S/C13H13BrFNS/c14-13-6-5-12(17-13)11(7-8-16)9-1-3-10(15)4-2-9/h1-6,11H,7-8,16H2. The Morgan fingerprint density at radius 2 is 1.88 bits per heavy atom. The Kier molecular flexibility index (Phi) is 4.31. The zero-order valence-corrected chi connectivity index (χ0v) is 11.6. The predicted octanol–water partition coefficient (Wildman–Crippen LogP) is 4.13. The second kappa shape index (κ2) is 5.76. The van der Waals surface area contributed by atoms with Gasteiger partial charge in [0.15, 0.2) is 0 Å². The molecule has 1 heterocycles. The first-order valence-electron chi connectivity index (χ1n) is 5.41. The lowest BCUT2D eigenvalue weighted by atomic mass is 9.94. The van der Waals surface area contributed by atoms with Crippen LogP contribution in [-0.2, 0) is 0 Å². The lowest BCUT2D eigenvalue weighted by molar-refractivity contribution is 0.625. The molecule has 0 aliphatic rings. The number of benzene rings is 1. The molecule has 17 heavy (non-hydrogen) atoms. The van der Waals surface area contributed by atoms with Crippen molar-refractivity contribution < 1.29 is 4.39 Å². The number of thiophene rings is 1. The maximum absolute atomic E-state index is 12.9. The second-order valence-corrected chi connectivity index (χ2v) is 6.32. The van der Waals surface area contributed by atoms with Crippen LogP contribution in [0.3, 0.4) is 0 Å². The fourth-order valence-corrected chi connectivity index (χ4v) is 3.44. The van der Waals surface area contributed by atoms with Crippen molar-refractivity contribution in [2.75, 3.05) is 6.54 Å². The zero-order chi connectivity index (χ0) is 12.3. The number of nitrogens with two attached hydrogens (primary N) is 1. The third-order valence-electron chi connectivity index (χ3n) is 2.67. The Labute approximate surface area is 113 Å². The van der Waals surface area contributed by atoms with Crippen molar-refractivity contribution in [2.24, 2.45) is 5.73 Å². The Morgan fingerprint density at radius 1 is 1.18 bits per heavy atom. The van der Waals surface area contributed by atoms with Crippen LogP contribution in [0, 0.1) is 5.82 Å². The molecule has 0 radical (unpaired) electrons. The molecule has 0 aliphatic heterocycles. The van der Waals surface area contributed by atoms with E-state index in [1.165, 1.54) is 17.0 Å². The van der Waals surface area contributed by atoms with Crippen molar-refractivity contribution in [1.82, 2.24) is 0 Å². The molecule has 0 fully saturated rings. The molecule has 0 amide bonds. The number of hydrogen-bond acceptors (Lipinski definition) is 2. The minimum atomic E-state index is -0.201. The van der Waals surface area contributed by atoms with E-state index in [0.717, 1.165) is 15.8 Å². The molecule has 0 aliphatic carbocycles. The largest absolute Gasteiger partial charge is 0.330 e. The highest BCUT2D eigenvalue weighted by atomic mass is 79.9. The van der Waals surface area contributed by atoms with E-state index in [9.17, 15) is 4.39 Å². The molecule has 2 aromatic rings. The quantitative estimate of drug-likeness (QED) is 0.902. The summed E-state index contributed by atoms with van der Waals surface area (Å²) < 4.78 is 14.0. The fraction of sp³-hybridized carbons (Fsp3) is 0.231. The van der Waals surface area contributed by atoms with Gasteiger partial charge < -0.3 is 5.73 Å². The van der Waals surface area contributed by atoms with Gasteiger partial charge in [-0.25, -0.2) is 4.39 Å². The van der Waals surface area contributed by atoms with E-state index in [4.69, 9.17) is 5.73 Å². The molecule has 2 N–H and O–H groups in total. The molecule has 0 spiro atoms. The molecule has 2 rings (SSSR count). The lowest BCUT2D eigenvalue weighted by Crippen LogP contribution is -2.07. The van der Waals surface area contributed by atoms with Crippen LogP contribution < -0.4 is 5.73 Å². The summed E-state index contributed by atoms with van der Waals surface area (Å²) in [5, 5.41) is 0. The first kappa shape index (κ1) is 12.7. The van der Waals surface area contributed by atoms with Crippen LogP contribution in [0.5, 0.6) is 0 Å². The van der Waals surface area contributed by atoms with Gasteiger partial charge in [-0.3, -0.25) is 0 Å². The van der Waals surface area contributed by atoms with Gasteiger partial charge in [-0.15, -0.1) is 11.3 Å². The van der Waals surface area contributed by atoms with Crippen molar-refractivity contribution in [2.45, 2.75) is 12.3 Å². The maximum Gasteiger partial charge on any atom is 0.123 e. The normalized spacial score (nSPS) is 12.6. The molecule has 1 aromatic carbocycles. The molecule has 1 aromatic heterocycles. The van der Waals surface area contributed by atoms with Crippen molar-refractivity contribution in [3.8, 4) is 0 Å². The highest BCUT2D eigenvalue weighted by molar-refractivity contribution is 9.11. The average Bonchev–Trinajstić information content (AvgIpc) is 2.74. The first-order valence-corrected chi connectivity index (χ1v) is 7.02. The molecule has 1 unspecified atom stereocenters. The zero-order valence-electron chi connectivity index (χ0n) is 9.20. The summed E-state index contributed by atoms with van der Waals surface area (Å²) in [6, 6.07) is 10.8. The smallest absolute Gasteiger partial charge is 0.123 e. The van der Waals surface area contributed by atoms with Gasteiger partial charge in [-0.05, 0) is 58.7 Å². The highest BCUT2D eigenvalue weighted by Gasteiger charge is 2.15. The Balaban J connectivity index is 2.31. The lowest BCUT2D eigenvalue weighted by Gasteiger charge is -2.14. The van der Waals surface area contributed by atoms with Gasteiger partial charge in [0.2, 0.25) is 0 Å². The van der Waals surface area contributed by atoms with Gasteiger partial charge in [-0.1, -0.05) is 12.1 Å². The maximum atomic E-state index is 12.9. The molecular weight excluding hydrogens is 301 g/mol. The number of rotatable bonds is 4. The molecule has 90 valence electrons. The van der Waals surface area contributed by atoms with Crippen LogP contribution in [-0.4, -0.2) is 6.54 Å². The third-order valence-corrected chi connectivity index (χ3v) is 4.40. The van der Waals surface area contributed by atoms with E-state index in [2.05, 4.69) is 22.0 Å². The van der Waals surface area contributed by atoms with Gasteiger partial charge in [0.1, 0.15) is 5.82 Å². The van der Waals surface area contributed by atoms with Crippen LogP contribution in [0.15, 0.2) is 40.2 Å². The number of halogens is 2. The Morgan fingerprint density at radius 3 is 2.41 bits per heavy atom. The molecule has 4 heteroatoms. The van der Waals surface area contributed by atoms with E-state index in [1.807, 2.05) is 18.2 Å². The van der Waals surface area contributed by atoms with Crippen LogP contribution in [0.2, 0.25) is 0 Å². The van der Waals surface area contributed by atoms with E-state index >= 15 is 0 Å². The summed E-state index contributed by atoms with van der Waals surface area (Å²) in [7, 11) is 0. The minimum absolute atomic E-state index is 0.201. The third kappa shape index (κ3) is 3.15. The van der Waals surface area contributed by atoms with Crippen molar-refractivity contribution >= 4 is 27.3 Å². The van der Waals surface area contributed by atoms with Gasteiger partial charge >= 0.3 is 0 Å². The van der Waals surface area contributed by atoms with Crippen LogP contribution in [0.4, 0.5) is 4.39 Å². The van der Waals surface area contributed by atoms with Crippen LogP contribution >= 0.6 is 27.3 Å². The highest BCUT2D eigenvalue weighted by Crippen LogP contribution is 2.34.